The van der Waals surface area contributed by atoms with E-state index >= 15 is 0 Å². The molecule has 116 valence electrons. The molecule has 0 heterocycles. The third-order valence-corrected chi connectivity index (χ3v) is 4.08. The topological polar surface area (TPSA) is 84.5 Å². The van der Waals surface area contributed by atoms with Crippen LogP contribution in [0.1, 0.15) is 25.7 Å². The van der Waals surface area contributed by atoms with Gasteiger partial charge in [-0.2, -0.15) is 0 Å². The number of amides is 1. The minimum Gasteiger partial charge on any atom is -0.494 e. The zero-order valence-electron chi connectivity index (χ0n) is 12.2. The molecule has 1 fully saturated rings. The van der Waals surface area contributed by atoms with E-state index in [1.54, 1.807) is 18.2 Å². The molecule has 1 aromatic carbocycles. The number of hydrogen-bond acceptors (Lipinski definition) is 4. The predicted octanol–water partition coefficient (Wildman–Crippen LogP) is 2.20. The van der Waals surface area contributed by atoms with Crippen LogP contribution >= 0.6 is 0 Å². The number of sulfonamides is 1. The summed E-state index contributed by atoms with van der Waals surface area (Å²) in [7, 11) is -1.93. The molecule has 6 nitrogen and oxygen atoms in total. The van der Waals surface area contributed by atoms with Crippen molar-refractivity contribution in [3.05, 3.63) is 18.2 Å². The minimum absolute atomic E-state index is 0.0124. The van der Waals surface area contributed by atoms with Crippen molar-refractivity contribution >= 4 is 27.3 Å². The smallest absolute Gasteiger partial charge is 0.229 e. The number of carbonyl (C=O) groups excluding carboxylic acids is 1. The zero-order valence-corrected chi connectivity index (χ0v) is 13.0. The summed E-state index contributed by atoms with van der Waals surface area (Å²) in [5.41, 5.74) is 0.946. The van der Waals surface area contributed by atoms with Crippen LogP contribution in [0.15, 0.2) is 18.2 Å². The normalized spacial score (nSPS) is 15.7. The van der Waals surface area contributed by atoms with E-state index in [0.29, 0.717) is 17.1 Å². The van der Waals surface area contributed by atoms with Crippen molar-refractivity contribution in [2.24, 2.45) is 5.92 Å². The van der Waals surface area contributed by atoms with E-state index < -0.39 is 10.0 Å². The molecule has 2 rings (SSSR count). The highest BCUT2D eigenvalue weighted by atomic mass is 32.2. The van der Waals surface area contributed by atoms with Gasteiger partial charge in [-0.25, -0.2) is 8.42 Å². The van der Waals surface area contributed by atoms with E-state index in [-0.39, 0.29) is 11.8 Å². The van der Waals surface area contributed by atoms with Gasteiger partial charge in [0.25, 0.3) is 0 Å². The second-order valence-corrected chi connectivity index (χ2v) is 7.01. The average molecular weight is 312 g/mol. The van der Waals surface area contributed by atoms with Gasteiger partial charge in [-0.1, -0.05) is 12.8 Å². The maximum absolute atomic E-state index is 12.1. The Morgan fingerprint density at radius 2 is 1.95 bits per heavy atom. The Kier molecular flexibility index (Phi) is 4.72. The Morgan fingerprint density at radius 1 is 1.29 bits per heavy atom. The largest absolute Gasteiger partial charge is 0.494 e. The Morgan fingerprint density at radius 3 is 2.52 bits per heavy atom. The first-order chi connectivity index (χ1) is 9.89. The lowest BCUT2D eigenvalue weighted by molar-refractivity contribution is -0.119. The maximum Gasteiger partial charge on any atom is 0.229 e. The number of benzene rings is 1. The predicted molar refractivity (Wildman–Crippen MR) is 82.0 cm³/mol. The fourth-order valence-corrected chi connectivity index (χ4v) is 3.05. The van der Waals surface area contributed by atoms with Gasteiger partial charge in [0.1, 0.15) is 5.75 Å². The molecule has 0 aliphatic heterocycles. The molecule has 0 aromatic heterocycles. The van der Waals surface area contributed by atoms with E-state index in [9.17, 15) is 13.2 Å². The van der Waals surface area contributed by atoms with Crippen molar-refractivity contribution < 1.29 is 17.9 Å². The van der Waals surface area contributed by atoms with Crippen LogP contribution < -0.4 is 14.8 Å². The Bertz CT molecular complexity index is 622. The van der Waals surface area contributed by atoms with E-state index in [4.69, 9.17) is 4.74 Å². The molecule has 0 unspecified atom stereocenters. The summed E-state index contributed by atoms with van der Waals surface area (Å²) < 4.78 is 30.1. The van der Waals surface area contributed by atoms with E-state index in [1.165, 1.54) is 7.11 Å². The van der Waals surface area contributed by atoms with Gasteiger partial charge in [-0.3, -0.25) is 9.52 Å². The van der Waals surface area contributed by atoms with Crippen molar-refractivity contribution in [2.75, 3.05) is 23.4 Å². The summed E-state index contributed by atoms with van der Waals surface area (Å²) in [5, 5.41) is 2.85. The summed E-state index contributed by atoms with van der Waals surface area (Å²) in [4.78, 5) is 12.1. The van der Waals surface area contributed by atoms with Crippen LogP contribution in [-0.2, 0) is 14.8 Å². The van der Waals surface area contributed by atoms with E-state index in [1.807, 2.05) is 0 Å². The summed E-state index contributed by atoms with van der Waals surface area (Å²) in [6, 6.07) is 4.84. The van der Waals surface area contributed by atoms with Gasteiger partial charge in [-0.15, -0.1) is 0 Å². The quantitative estimate of drug-likeness (QED) is 0.873. The van der Waals surface area contributed by atoms with Gasteiger partial charge in [0.05, 0.1) is 19.1 Å². The van der Waals surface area contributed by atoms with Crippen LogP contribution in [0, 0.1) is 5.92 Å². The first-order valence-electron chi connectivity index (χ1n) is 6.86. The molecular formula is C14H20N2O4S. The van der Waals surface area contributed by atoms with Gasteiger partial charge in [-0.05, 0) is 25.0 Å². The van der Waals surface area contributed by atoms with Crippen molar-refractivity contribution in [3.63, 3.8) is 0 Å². The fraction of sp³-hybridized carbons (Fsp3) is 0.500. The lowest BCUT2D eigenvalue weighted by atomic mass is 10.1. The zero-order chi connectivity index (χ0) is 15.5. The summed E-state index contributed by atoms with van der Waals surface area (Å²) in [6.45, 7) is 0. The SMILES string of the molecule is COc1cc(NC(=O)C2CCCC2)ccc1NS(C)(=O)=O. The first-order valence-corrected chi connectivity index (χ1v) is 8.75. The fourth-order valence-electron chi connectivity index (χ4n) is 2.49. The van der Waals surface area contributed by atoms with Gasteiger partial charge < -0.3 is 10.1 Å². The van der Waals surface area contributed by atoms with Crippen molar-refractivity contribution in [3.8, 4) is 5.75 Å². The molecule has 1 aliphatic rings. The molecule has 0 spiro atoms. The van der Waals surface area contributed by atoms with Crippen LogP contribution in [0.4, 0.5) is 11.4 Å². The molecule has 1 aliphatic carbocycles. The molecular weight excluding hydrogens is 292 g/mol. The Labute approximate surface area is 124 Å². The highest BCUT2D eigenvalue weighted by Crippen LogP contribution is 2.30. The Balaban J connectivity index is 2.13. The highest BCUT2D eigenvalue weighted by Gasteiger charge is 2.22. The Hall–Kier alpha value is -1.76. The third-order valence-electron chi connectivity index (χ3n) is 3.49. The molecule has 21 heavy (non-hydrogen) atoms. The van der Waals surface area contributed by atoms with Crippen LogP contribution in [-0.4, -0.2) is 27.7 Å². The molecule has 1 aromatic rings. The summed E-state index contributed by atoms with van der Waals surface area (Å²) >= 11 is 0. The monoisotopic (exact) mass is 312 g/mol. The summed E-state index contributed by atoms with van der Waals surface area (Å²) in [6.07, 6.45) is 5.12. The lowest BCUT2D eigenvalue weighted by Gasteiger charge is -2.14. The van der Waals surface area contributed by atoms with Crippen LogP contribution in [0.5, 0.6) is 5.75 Å². The average Bonchev–Trinajstić information content (AvgIpc) is 2.93. The maximum atomic E-state index is 12.1. The van der Waals surface area contributed by atoms with Crippen molar-refractivity contribution in [1.82, 2.24) is 0 Å². The highest BCUT2D eigenvalue weighted by molar-refractivity contribution is 7.92. The molecule has 0 saturated heterocycles. The summed E-state index contributed by atoms with van der Waals surface area (Å²) in [5.74, 6) is 0.452. The van der Waals surface area contributed by atoms with Gasteiger partial charge >= 0.3 is 0 Å². The van der Waals surface area contributed by atoms with Crippen molar-refractivity contribution in [2.45, 2.75) is 25.7 Å². The number of hydrogen-bond donors (Lipinski definition) is 2. The number of nitrogens with one attached hydrogen (secondary N) is 2. The molecule has 1 saturated carbocycles. The molecule has 0 atom stereocenters. The number of methoxy groups -OCH3 is 1. The number of ether oxygens (including phenoxy) is 1. The third kappa shape index (κ3) is 4.35. The van der Waals surface area contributed by atoms with Gasteiger partial charge in [0, 0.05) is 17.7 Å². The first kappa shape index (κ1) is 15.6. The van der Waals surface area contributed by atoms with Crippen LogP contribution in [0.25, 0.3) is 0 Å². The number of anilines is 2. The van der Waals surface area contributed by atoms with Crippen LogP contribution in [0.3, 0.4) is 0 Å². The molecule has 0 radical (unpaired) electrons. The second-order valence-electron chi connectivity index (χ2n) is 5.26. The van der Waals surface area contributed by atoms with Gasteiger partial charge in [0.2, 0.25) is 15.9 Å². The second kappa shape index (κ2) is 6.34. The standard InChI is InChI=1S/C14H20N2O4S/c1-20-13-9-11(7-8-12(13)16-21(2,18)19)15-14(17)10-5-3-4-6-10/h7-10,16H,3-6H2,1-2H3,(H,15,17). The number of rotatable bonds is 5. The lowest BCUT2D eigenvalue weighted by Crippen LogP contribution is -2.20. The van der Waals surface area contributed by atoms with Crippen molar-refractivity contribution in [1.29, 1.82) is 0 Å². The van der Waals surface area contributed by atoms with E-state index in [0.717, 1.165) is 31.9 Å². The van der Waals surface area contributed by atoms with Crippen LogP contribution in [0.2, 0.25) is 0 Å². The molecule has 2 N–H and O–H groups in total. The molecule has 0 bridgehead atoms. The molecule has 1 amide bonds. The molecule has 7 heteroatoms. The number of carbonyl (C=O) groups is 1. The van der Waals surface area contributed by atoms with Gasteiger partial charge in [0.15, 0.2) is 0 Å². The minimum atomic E-state index is -3.38. The van der Waals surface area contributed by atoms with E-state index in [2.05, 4.69) is 10.0 Å².